The van der Waals surface area contributed by atoms with Gasteiger partial charge in [-0.05, 0) is 77.0 Å². The Balaban J connectivity index is 1.69. The summed E-state index contributed by atoms with van der Waals surface area (Å²) in [6, 6.07) is 0. The predicted molar refractivity (Wildman–Crippen MR) is 131 cm³/mol. The number of hydrogen-bond donors (Lipinski definition) is 0. The topological polar surface area (TPSA) is 13.0 Å². The zero-order valence-corrected chi connectivity index (χ0v) is 19.7. The fourth-order valence-corrected chi connectivity index (χ4v) is 6.26. The monoisotopic (exact) mass is 446 g/mol. The number of halogens is 2. The third-order valence-electron chi connectivity index (χ3n) is 7.97. The summed E-state index contributed by atoms with van der Waals surface area (Å²) in [5.74, 6) is -0.312. The van der Waals surface area contributed by atoms with Crippen LogP contribution in [0.1, 0.15) is 77.0 Å². The molecule has 0 N–H and O–H groups in total. The van der Waals surface area contributed by atoms with Crippen LogP contribution in [0.4, 0.5) is 31.5 Å². The lowest BCUT2D eigenvalue weighted by atomic mass is 10.0. The molecule has 6 heteroatoms. The Kier molecular flexibility index (Phi) is 6.94. The summed E-state index contributed by atoms with van der Waals surface area (Å²) in [6.07, 6.45) is 13.2. The van der Waals surface area contributed by atoms with Crippen molar-refractivity contribution in [1.82, 2.24) is 0 Å². The van der Waals surface area contributed by atoms with E-state index in [9.17, 15) is 0 Å². The summed E-state index contributed by atoms with van der Waals surface area (Å²) < 4.78 is 33.5. The van der Waals surface area contributed by atoms with Crippen LogP contribution in [0.15, 0.2) is 0 Å². The lowest BCUT2D eigenvalue weighted by molar-refractivity contribution is 0.514. The van der Waals surface area contributed by atoms with Gasteiger partial charge in [0.1, 0.15) is 22.7 Å². The Morgan fingerprint density at radius 2 is 0.500 bits per heavy atom. The fourth-order valence-electron chi connectivity index (χ4n) is 6.26. The van der Waals surface area contributed by atoms with Gasteiger partial charge in [-0.25, -0.2) is 8.78 Å². The first-order valence-electron chi connectivity index (χ1n) is 13.3. The summed E-state index contributed by atoms with van der Waals surface area (Å²) in [5, 5.41) is 0. The number of hydrogen-bond acceptors (Lipinski definition) is 4. The van der Waals surface area contributed by atoms with Crippen LogP contribution in [-0.2, 0) is 0 Å². The van der Waals surface area contributed by atoms with E-state index in [2.05, 4.69) is 19.6 Å². The van der Waals surface area contributed by atoms with Gasteiger partial charge >= 0.3 is 0 Å². The number of piperidine rings is 4. The van der Waals surface area contributed by atoms with Crippen molar-refractivity contribution in [3.05, 3.63) is 11.6 Å². The molecular formula is C26H40F2N4. The average molecular weight is 447 g/mol. The van der Waals surface area contributed by atoms with Crippen molar-refractivity contribution in [3.8, 4) is 0 Å². The van der Waals surface area contributed by atoms with Gasteiger partial charge in [0.15, 0.2) is 11.6 Å². The zero-order chi connectivity index (χ0) is 21.9. The van der Waals surface area contributed by atoms with Crippen molar-refractivity contribution < 1.29 is 8.78 Å². The van der Waals surface area contributed by atoms with E-state index in [1.54, 1.807) is 0 Å². The highest BCUT2D eigenvalue weighted by molar-refractivity contribution is 5.88. The van der Waals surface area contributed by atoms with E-state index in [1.165, 1.54) is 25.7 Å². The lowest BCUT2D eigenvalue weighted by Gasteiger charge is -2.41. The van der Waals surface area contributed by atoms with Crippen LogP contribution in [-0.4, -0.2) is 52.4 Å². The van der Waals surface area contributed by atoms with Crippen molar-refractivity contribution in [2.45, 2.75) is 77.0 Å². The Morgan fingerprint density at radius 3 is 0.688 bits per heavy atom. The van der Waals surface area contributed by atoms with Crippen molar-refractivity contribution in [3.63, 3.8) is 0 Å². The molecule has 32 heavy (non-hydrogen) atoms. The summed E-state index contributed by atoms with van der Waals surface area (Å²) in [4.78, 5) is 8.66. The van der Waals surface area contributed by atoms with Gasteiger partial charge in [0.05, 0.1) is 0 Å². The third kappa shape index (κ3) is 4.26. The number of anilines is 4. The minimum atomic E-state index is -0.156. The van der Waals surface area contributed by atoms with E-state index in [-0.39, 0.29) is 11.6 Å². The first kappa shape index (κ1) is 22.1. The minimum Gasteiger partial charge on any atom is -0.367 e. The molecule has 178 valence electrons. The van der Waals surface area contributed by atoms with Crippen LogP contribution in [0.2, 0.25) is 0 Å². The molecule has 0 amide bonds. The molecule has 4 aliphatic rings. The van der Waals surface area contributed by atoms with Gasteiger partial charge in [0, 0.05) is 52.4 Å². The molecule has 0 aliphatic carbocycles. The predicted octanol–water partition coefficient (Wildman–Crippen LogP) is 5.93. The van der Waals surface area contributed by atoms with Gasteiger partial charge < -0.3 is 19.6 Å². The summed E-state index contributed by atoms with van der Waals surface area (Å²) in [5.41, 5.74) is 2.24. The number of rotatable bonds is 4. The Bertz CT molecular complexity index is 649. The quantitative estimate of drug-likeness (QED) is 0.569. The number of benzene rings is 1. The molecule has 0 atom stereocenters. The van der Waals surface area contributed by atoms with Gasteiger partial charge in [-0.3, -0.25) is 0 Å². The highest BCUT2D eigenvalue weighted by Gasteiger charge is 2.36. The molecule has 5 rings (SSSR count). The van der Waals surface area contributed by atoms with Gasteiger partial charge in [-0.2, -0.15) is 0 Å². The largest absolute Gasteiger partial charge is 0.367 e. The zero-order valence-electron chi connectivity index (χ0n) is 19.7. The lowest BCUT2D eigenvalue weighted by Crippen LogP contribution is -2.40. The van der Waals surface area contributed by atoms with Crippen LogP contribution < -0.4 is 19.6 Å². The van der Waals surface area contributed by atoms with Crippen LogP contribution in [0.25, 0.3) is 0 Å². The van der Waals surface area contributed by atoms with E-state index in [0.717, 1.165) is 104 Å². The highest BCUT2D eigenvalue weighted by atomic mass is 19.1. The van der Waals surface area contributed by atoms with Crippen LogP contribution in [0.3, 0.4) is 0 Å². The van der Waals surface area contributed by atoms with Crippen molar-refractivity contribution in [2.24, 2.45) is 0 Å². The normalized spacial score (nSPS) is 23.1. The molecule has 4 fully saturated rings. The third-order valence-corrected chi connectivity index (χ3v) is 7.97. The Labute approximate surface area is 192 Å². The second-order valence-corrected chi connectivity index (χ2v) is 10.2. The fraction of sp³-hybridized carbons (Fsp3) is 0.769. The molecule has 4 aliphatic heterocycles. The van der Waals surface area contributed by atoms with Gasteiger partial charge in [-0.15, -0.1) is 0 Å². The molecule has 0 radical (unpaired) electrons. The summed E-state index contributed by atoms with van der Waals surface area (Å²) in [7, 11) is 0. The SMILES string of the molecule is Fc1c(N2CCCCC2)c(N2CCCCC2)c(F)c(N2CCCCC2)c1N1CCCCC1. The molecule has 0 saturated carbocycles. The van der Waals surface area contributed by atoms with E-state index < -0.39 is 0 Å². The Morgan fingerprint density at radius 1 is 0.312 bits per heavy atom. The standard InChI is InChI=1S/C26H40F2N4/c27-21-23(29-13-5-1-6-14-29)24(30-15-7-2-8-16-30)22(28)26(32-19-11-4-12-20-32)25(21)31-17-9-3-10-18-31/h1-20H2. The second-order valence-electron chi connectivity index (χ2n) is 10.2. The summed E-state index contributed by atoms with van der Waals surface area (Å²) >= 11 is 0. The van der Waals surface area contributed by atoms with Gasteiger partial charge in [-0.1, -0.05) is 0 Å². The molecule has 4 heterocycles. The van der Waals surface area contributed by atoms with Crippen molar-refractivity contribution in [2.75, 3.05) is 72.0 Å². The van der Waals surface area contributed by atoms with Crippen LogP contribution >= 0.6 is 0 Å². The molecule has 0 unspecified atom stereocenters. The molecule has 0 bridgehead atoms. The van der Waals surface area contributed by atoms with E-state index >= 15 is 8.78 Å². The van der Waals surface area contributed by atoms with E-state index in [4.69, 9.17) is 0 Å². The second kappa shape index (κ2) is 10.0. The van der Waals surface area contributed by atoms with Crippen molar-refractivity contribution in [1.29, 1.82) is 0 Å². The maximum atomic E-state index is 16.7. The molecule has 1 aromatic rings. The average Bonchev–Trinajstić information content (AvgIpc) is 2.87. The molecule has 4 saturated heterocycles. The van der Waals surface area contributed by atoms with Crippen molar-refractivity contribution >= 4 is 22.7 Å². The van der Waals surface area contributed by atoms with Crippen LogP contribution in [0.5, 0.6) is 0 Å². The maximum absolute atomic E-state index is 16.7. The summed E-state index contributed by atoms with van der Waals surface area (Å²) in [6.45, 7) is 6.66. The van der Waals surface area contributed by atoms with Crippen LogP contribution in [0, 0.1) is 11.6 Å². The van der Waals surface area contributed by atoms with Gasteiger partial charge in [0.2, 0.25) is 0 Å². The molecule has 1 aromatic carbocycles. The minimum absolute atomic E-state index is 0.156. The maximum Gasteiger partial charge on any atom is 0.174 e. The first-order chi connectivity index (χ1) is 15.8. The van der Waals surface area contributed by atoms with E-state index in [1.807, 2.05) is 0 Å². The Hall–Kier alpha value is -1.72. The number of nitrogens with zero attached hydrogens (tertiary/aromatic N) is 4. The smallest absolute Gasteiger partial charge is 0.174 e. The van der Waals surface area contributed by atoms with E-state index in [0.29, 0.717) is 22.7 Å². The molecular weight excluding hydrogens is 406 g/mol. The molecule has 0 spiro atoms. The molecule has 0 aromatic heterocycles. The van der Waals surface area contributed by atoms with Gasteiger partial charge in [0.25, 0.3) is 0 Å². The molecule has 4 nitrogen and oxygen atoms in total. The first-order valence-corrected chi connectivity index (χ1v) is 13.3. The highest BCUT2D eigenvalue weighted by Crippen LogP contribution is 2.49.